The van der Waals surface area contributed by atoms with Gasteiger partial charge in [-0.1, -0.05) is 6.58 Å². The molecule has 0 aliphatic heterocycles. The van der Waals surface area contributed by atoms with E-state index >= 15 is 0 Å². The Bertz CT molecular complexity index is 392. The molecule has 0 aliphatic rings. The van der Waals surface area contributed by atoms with Gasteiger partial charge in [0.15, 0.2) is 6.23 Å². The number of aliphatic hydroxyl groups is 1. The Morgan fingerprint density at radius 1 is 1.75 bits per heavy atom. The molecule has 12 heavy (non-hydrogen) atoms. The highest BCUT2D eigenvalue weighted by Gasteiger charge is 2.06. The van der Waals surface area contributed by atoms with E-state index in [2.05, 4.69) is 18.0 Å². The van der Waals surface area contributed by atoms with Crippen LogP contribution in [0.2, 0.25) is 0 Å². The fraction of sp³-hybridized carbons (Fsp3) is 0.167. The third kappa shape index (κ3) is 1.32. The van der Waals surface area contributed by atoms with Gasteiger partial charge in [-0.25, -0.2) is 5.10 Å². The Morgan fingerprint density at radius 3 is 3.00 bits per heavy atom. The highest BCUT2D eigenvalue weighted by Crippen LogP contribution is 1.93. The summed E-state index contributed by atoms with van der Waals surface area (Å²) in [5.41, 5.74) is -1.83. The molecule has 0 saturated carbocycles. The summed E-state index contributed by atoms with van der Waals surface area (Å²) in [6.07, 6.45) is 1.92. The van der Waals surface area contributed by atoms with Gasteiger partial charge in [0, 0.05) is 0 Å². The molecule has 0 fully saturated rings. The second-order valence-corrected chi connectivity index (χ2v) is 1.98. The van der Waals surface area contributed by atoms with Gasteiger partial charge in [0.25, 0.3) is 0 Å². The lowest BCUT2D eigenvalue weighted by atomic mass is 10.5. The maximum atomic E-state index is 10.9. The van der Waals surface area contributed by atoms with Crippen LogP contribution in [0.25, 0.3) is 0 Å². The summed E-state index contributed by atoms with van der Waals surface area (Å²) in [7, 11) is 0. The summed E-state index contributed by atoms with van der Waals surface area (Å²) in [6.45, 7) is 3.24. The highest BCUT2D eigenvalue weighted by atomic mass is 16.3. The summed E-state index contributed by atoms with van der Waals surface area (Å²) in [6, 6.07) is 0. The van der Waals surface area contributed by atoms with Crippen LogP contribution in [0.3, 0.4) is 0 Å². The average Bonchev–Trinajstić information content (AvgIpc) is 2.08. The van der Waals surface area contributed by atoms with Gasteiger partial charge in [-0.15, -0.1) is 5.10 Å². The first kappa shape index (κ1) is 8.41. The molecule has 1 heterocycles. The molecule has 0 spiro atoms. The first-order valence-corrected chi connectivity index (χ1v) is 3.06. The molecule has 1 atom stereocenters. The molecule has 1 unspecified atom stereocenters. The first-order chi connectivity index (χ1) is 5.66. The summed E-state index contributed by atoms with van der Waals surface area (Å²) >= 11 is 0. The maximum Gasteiger partial charge on any atom is 0.330 e. The molecule has 0 bridgehead atoms. The molecule has 6 heteroatoms. The molecule has 2 N–H and O–H groups in total. The molecule has 6 nitrogen and oxygen atoms in total. The van der Waals surface area contributed by atoms with Crippen molar-refractivity contribution in [3.8, 4) is 0 Å². The summed E-state index contributed by atoms with van der Waals surface area (Å²) in [5.74, 6) is 0. The van der Waals surface area contributed by atoms with E-state index in [1.807, 2.05) is 5.10 Å². The van der Waals surface area contributed by atoms with Gasteiger partial charge < -0.3 is 5.11 Å². The fourth-order valence-electron chi connectivity index (χ4n) is 0.617. The van der Waals surface area contributed by atoms with Crippen molar-refractivity contribution in [2.75, 3.05) is 0 Å². The quantitative estimate of drug-likeness (QED) is 0.411. The number of nitrogens with one attached hydrogen (secondary N) is 1. The smallest absolute Gasteiger partial charge is 0.330 e. The van der Waals surface area contributed by atoms with Crippen molar-refractivity contribution >= 4 is 0 Å². The number of aliphatic hydroxyl groups excluding tert-OH is 1. The van der Waals surface area contributed by atoms with Gasteiger partial charge in [-0.05, 0) is 6.08 Å². The van der Waals surface area contributed by atoms with E-state index in [4.69, 9.17) is 5.11 Å². The van der Waals surface area contributed by atoms with E-state index in [0.717, 1.165) is 6.08 Å². The lowest BCUT2D eigenvalue weighted by Crippen LogP contribution is -2.38. The third-order valence-corrected chi connectivity index (χ3v) is 1.20. The van der Waals surface area contributed by atoms with E-state index in [1.165, 1.54) is 0 Å². The van der Waals surface area contributed by atoms with Crippen LogP contribution >= 0.6 is 0 Å². The van der Waals surface area contributed by atoms with Crippen LogP contribution in [0, 0.1) is 6.33 Å². The molecule has 1 radical (unpaired) electrons. The SMILES string of the molecule is C=CC(O)n1[c]n[nH]c(=O)c1=O. The number of nitrogens with zero attached hydrogens (tertiary/aromatic N) is 2. The van der Waals surface area contributed by atoms with Crippen molar-refractivity contribution in [1.82, 2.24) is 14.8 Å². The Balaban J connectivity index is 3.35. The monoisotopic (exact) mass is 168 g/mol. The molecular weight excluding hydrogens is 162 g/mol. The molecule has 0 amide bonds. The van der Waals surface area contributed by atoms with E-state index in [9.17, 15) is 9.59 Å². The van der Waals surface area contributed by atoms with Gasteiger partial charge >= 0.3 is 11.1 Å². The number of hydrogen-bond acceptors (Lipinski definition) is 4. The molecule has 63 valence electrons. The molecule has 0 saturated heterocycles. The van der Waals surface area contributed by atoms with Crippen molar-refractivity contribution in [1.29, 1.82) is 0 Å². The first-order valence-electron chi connectivity index (χ1n) is 3.06. The van der Waals surface area contributed by atoms with E-state index in [-0.39, 0.29) is 0 Å². The lowest BCUT2D eigenvalue weighted by molar-refractivity contribution is 0.147. The summed E-state index contributed by atoms with van der Waals surface area (Å²) in [5, 5.41) is 14.1. The molecule has 1 aromatic heterocycles. The van der Waals surface area contributed by atoms with Crippen molar-refractivity contribution in [3.05, 3.63) is 39.7 Å². The highest BCUT2D eigenvalue weighted by molar-refractivity contribution is 4.82. The minimum absolute atomic E-state index is 0.645. The average molecular weight is 168 g/mol. The van der Waals surface area contributed by atoms with Gasteiger partial charge in [0.05, 0.1) is 0 Å². The predicted octanol–water partition coefficient (Wildman–Crippen LogP) is -1.59. The zero-order valence-electron chi connectivity index (χ0n) is 6.02. The maximum absolute atomic E-state index is 10.9. The third-order valence-electron chi connectivity index (χ3n) is 1.20. The summed E-state index contributed by atoms with van der Waals surface area (Å²) in [4.78, 5) is 21.6. The number of rotatable bonds is 2. The zero-order valence-corrected chi connectivity index (χ0v) is 6.02. The molecular formula is C6H6N3O3. The van der Waals surface area contributed by atoms with Gasteiger partial charge in [0.2, 0.25) is 6.33 Å². The van der Waals surface area contributed by atoms with E-state index in [0.29, 0.717) is 4.57 Å². The van der Waals surface area contributed by atoms with E-state index < -0.39 is 17.3 Å². The topological polar surface area (TPSA) is 88.0 Å². The van der Waals surface area contributed by atoms with Crippen LogP contribution in [-0.2, 0) is 0 Å². The van der Waals surface area contributed by atoms with Crippen molar-refractivity contribution in [2.45, 2.75) is 6.23 Å². The predicted molar refractivity (Wildman–Crippen MR) is 39.4 cm³/mol. The number of hydrogen-bond donors (Lipinski definition) is 2. The zero-order chi connectivity index (χ0) is 9.14. The van der Waals surface area contributed by atoms with E-state index in [1.54, 1.807) is 0 Å². The Kier molecular flexibility index (Phi) is 2.20. The van der Waals surface area contributed by atoms with Crippen LogP contribution in [0.15, 0.2) is 22.2 Å². The Morgan fingerprint density at radius 2 is 2.42 bits per heavy atom. The van der Waals surface area contributed by atoms with Crippen molar-refractivity contribution in [2.24, 2.45) is 0 Å². The second-order valence-electron chi connectivity index (χ2n) is 1.98. The van der Waals surface area contributed by atoms with Crippen LogP contribution in [0.4, 0.5) is 0 Å². The largest absolute Gasteiger partial charge is 0.369 e. The van der Waals surface area contributed by atoms with Crippen LogP contribution in [0.5, 0.6) is 0 Å². The standard InChI is InChI=1S/C6H6N3O3/c1-2-4(10)9-3-7-8-5(11)6(9)12/h2,4,10H,1H2,(H,8,11). The molecule has 1 aromatic rings. The van der Waals surface area contributed by atoms with Crippen molar-refractivity contribution in [3.63, 3.8) is 0 Å². The van der Waals surface area contributed by atoms with Crippen LogP contribution in [-0.4, -0.2) is 19.9 Å². The van der Waals surface area contributed by atoms with Crippen LogP contribution < -0.4 is 11.1 Å². The summed E-state index contributed by atoms with van der Waals surface area (Å²) < 4.78 is 0.645. The van der Waals surface area contributed by atoms with Crippen LogP contribution in [0.1, 0.15) is 6.23 Å². The van der Waals surface area contributed by atoms with Gasteiger partial charge in [-0.3, -0.25) is 14.2 Å². The Hall–Kier alpha value is -1.69. The second kappa shape index (κ2) is 3.14. The fourth-order valence-corrected chi connectivity index (χ4v) is 0.617. The molecule has 0 aromatic carbocycles. The lowest BCUT2D eigenvalue weighted by Gasteiger charge is -2.04. The molecule has 0 aliphatic carbocycles. The molecule has 1 rings (SSSR count). The normalized spacial score (nSPS) is 12.4. The van der Waals surface area contributed by atoms with Gasteiger partial charge in [-0.2, -0.15) is 0 Å². The Labute approximate surface area is 66.8 Å². The number of H-pyrrole nitrogens is 1. The number of aromatic nitrogens is 3. The minimum Gasteiger partial charge on any atom is -0.369 e. The van der Waals surface area contributed by atoms with Gasteiger partial charge in [0.1, 0.15) is 0 Å². The number of aromatic amines is 1. The van der Waals surface area contributed by atoms with Crippen molar-refractivity contribution < 1.29 is 5.11 Å². The minimum atomic E-state index is -1.27.